The molecule has 1 atom stereocenters. The van der Waals surface area contributed by atoms with E-state index in [-0.39, 0.29) is 17.9 Å². The Morgan fingerprint density at radius 1 is 1.20 bits per heavy atom. The highest BCUT2D eigenvalue weighted by Crippen LogP contribution is 2.10. The Balaban J connectivity index is 2.19. The molecular weight excluding hydrogens is 322 g/mol. The van der Waals surface area contributed by atoms with Crippen molar-refractivity contribution in [2.75, 3.05) is 13.1 Å². The van der Waals surface area contributed by atoms with E-state index in [1.54, 1.807) is 12.1 Å². The molecule has 0 spiro atoms. The van der Waals surface area contributed by atoms with E-state index in [1.807, 2.05) is 19.1 Å². The summed E-state index contributed by atoms with van der Waals surface area (Å²) in [5, 5.41) is 5.48. The van der Waals surface area contributed by atoms with Gasteiger partial charge in [0.1, 0.15) is 0 Å². The molecule has 0 aromatic heterocycles. The van der Waals surface area contributed by atoms with Crippen molar-refractivity contribution >= 4 is 27.7 Å². The Morgan fingerprint density at radius 3 is 2.40 bits per heavy atom. The summed E-state index contributed by atoms with van der Waals surface area (Å²) in [4.78, 5) is 23.2. The molecule has 0 saturated carbocycles. The molecule has 0 fully saturated rings. The average molecular weight is 342 g/mol. The van der Waals surface area contributed by atoms with Crippen LogP contribution >= 0.6 is 15.9 Å². The first-order chi connectivity index (χ1) is 9.49. The molecule has 1 aromatic carbocycles. The first-order valence-electron chi connectivity index (χ1n) is 6.55. The number of benzene rings is 1. The van der Waals surface area contributed by atoms with Gasteiger partial charge in [-0.25, -0.2) is 0 Å². The van der Waals surface area contributed by atoms with Gasteiger partial charge in [0.25, 0.3) is 5.91 Å². The number of nitrogens with two attached hydrogens (primary N) is 1. The van der Waals surface area contributed by atoms with E-state index in [1.165, 1.54) is 0 Å². The fourth-order valence-electron chi connectivity index (χ4n) is 1.53. The fourth-order valence-corrected chi connectivity index (χ4v) is 1.79. The van der Waals surface area contributed by atoms with Gasteiger partial charge in [0.05, 0.1) is 0 Å². The van der Waals surface area contributed by atoms with Crippen LogP contribution in [-0.2, 0) is 4.79 Å². The lowest BCUT2D eigenvalue weighted by atomic mass is 10.2. The van der Waals surface area contributed by atoms with Gasteiger partial charge in [-0.3, -0.25) is 9.59 Å². The Kier molecular flexibility index (Phi) is 7.25. The van der Waals surface area contributed by atoms with Crippen LogP contribution in [0.2, 0.25) is 0 Å². The number of rotatable bonds is 7. The largest absolute Gasteiger partial charge is 0.354 e. The maximum absolute atomic E-state index is 11.8. The summed E-state index contributed by atoms with van der Waals surface area (Å²) in [5.41, 5.74) is 6.16. The molecule has 5 nitrogen and oxygen atoms in total. The van der Waals surface area contributed by atoms with E-state index in [0.29, 0.717) is 31.5 Å². The van der Waals surface area contributed by atoms with Crippen molar-refractivity contribution in [1.82, 2.24) is 10.6 Å². The zero-order valence-electron chi connectivity index (χ0n) is 11.5. The van der Waals surface area contributed by atoms with Crippen molar-refractivity contribution in [3.05, 3.63) is 34.3 Å². The molecule has 1 unspecified atom stereocenters. The van der Waals surface area contributed by atoms with Gasteiger partial charge in [0.15, 0.2) is 0 Å². The Hall–Kier alpha value is -1.40. The number of carbonyl (C=O) groups is 2. The van der Waals surface area contributed by atoms with Crippen molar-refractivity contribution in [2.45, 2.75) is 25.8 Å². The third kappa shape index (κ3) is 6.68. The van der Waals surface area contributed by atoms with E-state index >= 15 is 0 Å². The first-order valence-corrected chi connectivity index (χ1v) is 7.34. The fraction of sp³-hybridized carbons (Fsp3) is 0.429. The van der Waals surface area contributed by atoms with Gasteiger partial charge in [0, 0.05) is 35.6 Å². The molecule has 0 aliphatic heterocycles. The smallest absolute Gasteiger partial charge is 0.251 e. The summed E-state index contributed by atoms with van der Waals surface area (Å²) in [6.45, 7) is 2.69. The SMILES string of the molecule is CC(N)CCC(=O)NCCNC(=O)c1ccc(Br)cc1. The molecule has 0 aliphatic carbocycles. The van der Waals surface area contributed by atoms with Gasteiger partial charge in [0.2, 0.25) is 5.91 Å². The molecule has 4 N–H and O–H groups in total. The van der Waals surface area contributed by atoms with Crippen LogP contribution in [0.4, 0.5) is 0 Å². The maximum atomic E-state index is 11.8. The number of nitrogens with one attached hydrogen (secondary N) is 2. The molecule has 0 saturated heterocycles. The number of amides is 2. The van der Waals surface area contributed by atoms with Gasteiger partial charge >= 0.3 is 0 Å². The lowest BCUT2D eigenvalue weighted by Crippen LogP contribution is -2.35. The van der Waals surface area contributed by atoms with Crippen LogP contribution in [0.15, 0.2) is 28.7 Å². The summed E-state index contributed by atoms with van der Waals surface area (Å²) >= 11 is 3.31. The van der Waals surface area contributed by atoms with Crippen LogP contribution in [0.1, 0.15) is 30.1 Å². The highest BCUT2D eigenvalue weighted by atomic mass is 79.9. The number of hydrogen-bond donors (Lipinski definition) is 3. The van der Waals surface area contributed by atoms with Crippen LogP contribution in [0.25, 0.3) is 0 Å². The van der Waals surface area contributed by atoms with Crippen LogP contribution in [-0.4, -0.2) is 30.9 Å². The molecule has 20 heavy (non-hydrogen) atoms. The second kappa shape index (κ2) is 8.71. The first kappa shape index (κ1) is 16.7. The van der Waals surface area contributed by atoms with E-state index in [4.69, 9.17) is 5.73 Å². The summed E-state index contributed by atoms with van der Waals surface area (Å²) in [5.74, 6) is -0.192. The molecular formula is C14H20BrN3O2. The molecule has 0 aliphatic rings. The van der Waals surface area contributed by atoms with Gasteiger partial charge in [-0.05, 0) is 37.6 Å². The summed E-state index contributed by atoms with van der Waals surface area (Å²) in [7, 11) is 0. The van der Waals surface area contributed by atoms with E-state index in [9.17, 15) is 9.59 Å². The van der Waals surface area contributed by atoms with Gasteiger partial charge in [-0.2, -0.15) is 0 Å². The molecule has 0 bridgehead atoms. The molecule has 2 amide bonds. The Labute approximate surface area is 127 Å². The number of carbonyl (C=O) groups excluding carboxylic acids is 2. The maximum Gasteiger partial charge on any atom is 0.251 e. The van der Waals surface area contributed by atoms with Gasteiger partial charge in [-0.1, -0.05) is 15.9 Å². The van der Waals surface area contributed by atoms with Crippen molar-refractivity contribution < 1.29 is 9.59 Å². The van der Waals surface area contributed by atoms with Crippen molar-refractivity contribution in [3.8, 4) is 0 Å². The van der Waals surface area contributed by atoms with Crippen LogP contribution in [0.5, 0.6) is 0 Å². The summed E-state index contributed by atoms with van der Waals surface area (Å²) in [6, 6.07) is 7.12. The molecule has 1 aromatic rings. The molecule has 110 valence electrons. The van der Waals surface area contributed by atoms with Gasteiger partial charge in [-0.15, -0.1) is 0 Å². The quantitative estimate of drug-likeness (QED) is 0.656. The monoisotopic (exact) mass is 341 g/mol. The Bertz CT molecular complexity index is 446. The highest BCUT2D eigenvalue weighted by Gasteiger charge is 2.05. The normalized spacial score (nSPS) is 11.8. The zero-order chi connectivity index (χ0) is 15.0. The van der Waals surface area contributed by atoms with Crippen LogP contribution in [0.3, 0.4) is 0 Å². The van der Waals surface area contributed by atoms with Crippen molar-refractivity contribution in [2.24, 2.45) is 5.73 Å². The van der Waals surface area contributed by atoms with E-state index in [0.717, 1.165) is 4.47 Å². The minimum absolute atomic E-state index is 0.0258. The minimum Gasteiger partial charge on any atom is -0.354 e. The molecule has 6 heteroatoms. The zero-order valence-corrected chi connectivity index (χ0v) is 13.1. The van der Waals surface area contributed by atoms with E-state index in [2.05, 4.69) is 26.6 Å². The molecule has 1 rings (SSSR count). The van der Waals surface area contributed by atoms with Crippen molar-refractivity contribution in [3.63, 3.8) is 0 Å². The van der Waals surface area contributed by atoms with Gasteiger partial charge < -0.3 is 16.4 Å². The average Bonchev–Trinajstić information content (AvgIpc) is 2.42. The number of halogens is 1. The third-order valence-electron chi connectivity index (χ3n) is 2.67. The molecule has 0 heterocycles. The second-order valence-electron chi connectivity index (χ2n) is 4.63. The highest BCUT2D eigenvalue weighted by molar-refractivity contribution is 9.10. The Morgan fingerprint density at radius 2 is 1.80 bits per heavy atom. The summed E-state index contributed by atoms with van der Waals surface area (Å²) in [6.07, 6.45) is 1.08. The standard InChI is InChI=1S/C14H20BrN3O2/c1-10(16)2-7-13(19)17-8-9-18-14(20)11-3-5-12(15)6-4-11/h3-6,10H,2,7-9,16H2,1H3,(H,17,19)(H,18,20). The number of hydrogen-bond acceptors (Lipinski definition) is 3. The molecule has 0 radical (unpaired) electrons. The third-order valence-corrected chi connectivity index (χ3v) is 3.19. The lowest BCUT2D eigenvalue weighted by molar-refractivity contribution is -0.121. The lowest BCUT2D eigenvalue weighted by Gasteiger charge is -2.08. The summed E-state index contributed by atoms with van der Waals surface area (Å²) < 4.78 is 0.926. The second-order valence-corrected chi connectivity index (χ2v) is 5.54. The van der Waals surface area contributed by atoms with Crippen LogP contribution < -0.4 is 16.4 Å². The predicted molar refractivity (Wildman–Crippen MR) is 82.4 cm³/mol. The topological polar surface area (TPSA) is 84.2 Å². The minimum atomic E-state index is -0.151. The van der Waals surface area contributed by atoms with Crippen molar-refractivity contribution in [1.29, 1.82) is 0 Å². The van der Waals surface area contributed by atoms with E-state index < -0.39 is 0 Å². The predicted octanol–water partition coefficient (Wildman–Crippen LogP) is 1.42. The van der Waals surface area contributed by atoms with Crippen LogP contribution in [0, 0.1) is 0 Å².